The van der Waals surface area contributed by atoms with E-state index in [0.29, 0.717) is 13.0 Å². The molecule has 2 heteroatoms. The second-order valence-corrected chi connectivity index (χ2v) is 2.49. The summed E-state index contributed by atoms with van der Waals surface area (Å²) in [5.74, 6) is 0. The van der Waals surface area contributed by atoms with Crippen LogP contribution in [-0.2, 0) is 4.79 Å². The van der Waals surface area contributed by atoms with Crippen molar-refractivity contribution in [3.63, 3.8) is 0 Å². The van der Waals surface area contributed by atoms with Gasteiger partial charge in [0.15, 0.2) is 0 Å². The van der Waals surface area contributed by atoms with Gasteiger partial charge in [0.1, 0.15) is 0 Å². The molecule has 2 nitrogen and oxygen atoms in total. The third-order valence-electron chi connectivity index (χ3n) is 1.99. The van der Waals surface area contributed by atoms with Crippen LogP contribution in [0.15, 0.2) is 25.3 Å². The van der Waals surface area contributed by atoms with Crippen molar-refractivity contribution in [1.82, 2.24) is 5.32 Å². The Morgan fingerprint density at radius 3 is 2.27 bits per heavy atom. The topological polar surface area (TPSA) is 29.1 Å². The molecule has 0 aliphatic carbocycles. The second-order valence-electron chi connectivity index (χ2n) is 2.49. The minimum Gasteiger partial charge on any atom is -0.357 e. The third-order valence-corrected chi connectivity index (χ3v) is 1.99. The van der Waals surface area contributed by atoms with Crippen molar-refractivity contribution in [2.45, 2.75) is 13.3 Å². The molecule has 0 atom stereocenters. The van der Waals surface area contributed by atoms with Crippen LogP contribution in [0.1, 0.15) is 13.3 Å². The normalized spacial score (nSPS) is 10.3. The molecule has 62 valence electrons. The fraction of sp³-hybridized carbons (Fsp3) is 0.444. The summed E-state index contributed by atoms with van der Waals surface area (Å²) in [6.45, 7) is 10.0. The van der Waals surface area contributed by atoms with E-state index in [4.69, 9.17) is 0 Å². The summed E-state index contributed by atoms with van der Waals surface area (Å²) in [6.07, 6.45) is 5.23. The summed E-state index contributed by atoms with van der Waals surface area (Å²) in [5.41, 5.74) is -0.138. The minimum absolute atomic E-state index is 0.138. The van der Waals surface area contributed by atoms with Gasteiger partial charge in [-0.05, 0) is 6.42 Å². The molecule has 0 spiro atoms. The van der Waals surface area contributed by atoms with Crippen LogP contribution in [0.3, 0.4) is 0 Å². The summed E-state index contributed by atoms with van der Waals surface area (Å²) in [7, 11) is 0. The molecule has 0 saturated heterocycles. The summed E-state index contributed by atoms with van der Waals surface area (Å²) in [6, 6.07) is 0. The number of hydrogen-bond donors (Lipinski definition) is 1. The number of carbonyl (C=O) groups excluding carboxylic acids is 1. The van der Waals surface area contributed by atoms with Gasteiger partial charge in [-0.25, -0.2) is 0 Å². The number of rotatable bonds is 6. The van der Waals surface area contributed by atoms with Gasteiger partial charge in [0.25, 0.3) is 0 Å². The molecule has 0 unspecified atom stereocenters. The minimum atomic E-state index is -0.138. The van der Waals surface area contributed by atoms with E-state index in [1.54, 1.807) is 0 Å². The van der Waals surface area contributed by atoms with Gasteiger partial charge in [-0.3, -0.25) is 4.79 Å². The molecule has 0 radical (unpaired) electrons. The summed E-state index contributed by atoms with van der Waals surface area (Å²) >= 11 is 0. The van der Waals surface area contributed by atoms with Crippen LogP contribution in [0.25, 0.3) is 0 Å². The van der Waals surface area contributed by atoms with Crippen LogP contribution in [0, 0.1) is 5.41 Å². The third kappa shape index (κ3) is 2.58. The highest BCUT2D eigenvalue weighted by Gasteiger charge is 2.18. The molecule has 0 aliphatic heterocycles. The van der Waals surface area contributed by atoms with Crippen molar-refractivity contribution >= 4 is 6.41 Å². The molecule has 0 aromatic rings. The first-order valence-electron chi connectivity index (χ1n) is 3.69. The molecular weight excluding hydrogens is 138 g/mol. The van der Waals surface area contributed by atoms with Gasteiger partial charge in [0.05, 0.1) is 0 Å². The molecule has 0 aromatic carbocycles. The van der Waals surface area contributed by atoms with Gasteiger partial charge in [0, 0.05) is 12.0 Å². The van der Waals surface area contributed by atoms with Crippen molar-refractivity contribution in [2.24, 2.45) is 5.41 Å². The van der Waals surface area contributed by atoms with Crippen molar-refractivity contribution in [2.75, 3.05) is 6.54 Å². The maximum absolute atomic E-state index is 10.0. The van der Waals surface area contributed by atoms with E-state index in [0.717, 1.165) is 6.42 Å². The first-order chi connectivity index (χ1) is 5.24. The van der Waals surface area contributed by atoms with Crippen molar-refractivity contribution in [1.29, 1.82) is 0 Å². The van der Waals surface area contributed by atoms with Crippen LogP contribution in [0.4, 0.5) is 0 Å². The summed E-state index contributed by atoms with van der Waals surface area (Å²) < 4.78 is 0. The lowest BCUT2D eigenvalue weighted by molar-refractivity contribution is -0.109. The van der Waals surface area contributed by atoms with Gasteiger partial charge >= 0.3 is 0 Å². The number of amides is 1. The monoisotopic (exact) mass is 153 g/mol. The lowest BCUT2D eigenvalue weighted by Gasteiger charge is -2.23. The van der Waals surface area contributed by atoms with E-state index in [-0.39, 0.29) is 5.41 Å². The number of nitrogens with one attached hydrogen (secondary N) is 1. The lowest BCUT2D eigenvalue weighted by Crippen LogP contribution is -2.29. The molecular formula is C9H15NO. The Hall–Kier alpha value is -1.05. The Morgan fingerprint density at radius 1 is 1.45 bits per heavy atom. The molecule has 0 fully saturated rings. The molecule has 0 bridgehead atoms. The highest BCUT2D eigenvalue weighted by atomic mass is 16.1. The fourth-order valence-electron chi connectivity index (χ4n) is 0.873. The quantitative estimate of drug-likeness (QED) is 0.454. The van der Waals surface area contributed by atoms with Gasteiger partial charge < -0.3 is 5.32 Å². The molecule has 1 N–H and O–H groups in total. The van der Waals surface area contributed by atoms with Crippen LogP contribution < -0.4 is 5.32 Å². The molecule has 0 rings (SSSR count). The fourth-order valence-corrected chi connectivity index (χ4v) is 0.873. The Balaban J connectivity index is 4.15. The van der Waals surface area contributed by atoms with E-state index >= 15 is 0 Å². The van der Waals surface area contributed by atoms with Crippen LogP contribution in [0.2, 0.25) is 0 Å². The SMILES string of the molecule is C=CC(C=C)(CC)CNC=O. The largest absolute Gasteiger partial charge is 0.357 e. The zero-order valence-electron chi connectivity index (χ0n) is 6.97. The zero-order chi connectivity index (χ0) is 8.74. The molecule has 1 amide bonds. The molecule has 0 aromatic heterocycles. The molecule has 11 heavy (non-hydrogen) atoms. The Labute approximate surface area is 68.0 Å². The number of hydrogen-bond acceptors (Lipinski definition) is 1. The van der Waals surface area contributed by atoms with Gasteiger partial charge in [-0.15, -0.1) is 13.2 Å². The highest BCUT2D eigenvalue weighted by Crippen LogP contribution is 2.22. The first-order valence-corrected chi connectivity index (χ1v) is 3.69. The van der Waals surface area contributed by atoms with Crippen molar-refractivity contribution in [3.05, 3.63) is 25.3 Å². The van der Waals surface area contributed by atoms with E-state index < -0.39 is 0 Å². The average molecular weight is 153 g/mol. The van der Waals surface area contributed by atoms with Crippen LogP contribution in [-0.4, -0.2) is 13.0 Å². The Bertz CT molecular complexity index is 144. The average Bonchev–Trinajstić information content (AvgIpc) is 2.08. The van der Waals surface area contributed by atoms with Gasteiger partial charge in [-0.1, -0.05) is 19.1 Å². The Morgan fingerprint density at radius 2 is 2.00 bits per heavy atom. The maximum atomic E-state index is 10.0. The summed E-state index contributed by atoms with van der Waals surface area (Å²) in [5, 5.41) is 2.62. The Kier molecular flexibility index (Phi) is 4.27. The maximum Gasteiger partial charge on any atom is 0.207 e. The predicted molar refractivity (Wildman–Crippen MR) is 47.2 cm³/mol. The van der Waals surface area contributed by atoms with Gasteiger partial charge in [-0.2, -0.15) is 0 Å². The van der Waals surface area contributed by atoms with Gasteiger partial charge in [0.2, 0.25) is 6.41 Å². The summed E-state index contributed by atoms with van der Waals surface area (Å²) in [4.78, 5) is 10.0. The van der Waals surface area contributed by atoms with E-state index in [1.807, 2.05) is 19.1 Å². The highest BCUT2D eigenvalue weighted by molar-refractivity contribution is 5.46. The van der Waals surface area contributed by atoms with Crippen molar-refractivity contribution in [3.8, 4) is 0 Å². The zero-order valence-corrected chi connectivity index (χ0v) is 6.97. The molecule has 0 heterocycles. The van der Waals surface area contributed by atoms with E-state index in [2.05, 4.69) is 18.5 Å². The second kappa shape index (κ2) is 4.72. The standard InChI is InChI=1S/C9H15NO/c1-4-9(5-2,6-3)7-10-8-11/h4-5,8H,1-2,6-7H2,3H3,(H,10,11). The predicted octanol–water partition coefficient (Wildman–Crippen LogP) is 1.50. The van der Waals surface area contributed by atoms with Crippen LogP contribution in [0.5, 0.6) is 0 Å². The van der Waals surface area contributed by atoms with Crippen LogP contribution >= 0.6 is 0 Å². The van der Waals surface area contributed by atoms with E-state index in [1.165, 1.54) is 0 Å². The lowest BCUT2D eigenvalue weighted by atomic mass is 9.85. The molecule has 0 saturated carbocycles. The first kappa shape index (κ1) is 9.95. The molecule has 0 aliphatic rings. The van der Waals surface area contributed by atoms with Crippen molar-refractivity contribution < 1.29 is 4.79 Å². The number of carbonyl (C=O) groups is 1. The van der Waals surface area contributed by atoms with E-state index in [9.17, 15) is 4.79 Å². The smallest absolute Gasteiger partial charge is 0.207 e.